The van der Waals surface area contributed by atoms with E-state index in [2.05, 4.69) is 26.5 Å². The smallest absolute Gasteiger partial charge is 0.416 e. The van der Waals surface area contributed by atoms with E-state index in [4.69, 9.17) is 4.74 Å². The number of carbonyl (C=O) groups is 1. The number of carbonyl (C=O) groups excluding carboxylic acids is 1. The zero-order valence-corrected chi connectivity index (χ0v) is 15.1. The topological polar surface area (TPSA) is 70.9 Å². The SMILES string of the molecule is CCOc1cc(Br)cc(/C=N\NC(=O)c2cccc(C(F)(F)F)c2)c1O. The standard InChI is InChI=1S/C17H14BrF3N2O3/c1-2-26-14-8-13(18)7-11(15(14)24)9-22-23-16(25)10-4-3-5-12(6-10)17(19,20)21/h3-9,24H,2H2,1H3,(H,23,25)/b22-9-. The molecule has 0 saturated heterocycles. The molecule has 9 heteroatoms. The van der Waals surface area contributed by atoms with E-state index in [-0.39, 0.29) is 22.6 Å². The quantitative estimate of drug-likeness (QED) is 0.547. The molecule has 26 heavy (non-hydrogen) atoms. The Balaban J connectivity index is 2.15. The summed E-state index contributed by atoms with van der Waals surface area (Å²) in [6.07, 6.45) is -3.38. The van der Waals surface area contributed by atoms with Gasteiger partial charge in [0.25, 0.3) is 5.91 Å². The summed E-state index contributed by atoms with van der Waals surface area (Å²) >= 11 is 3.25. The highest BCUT2D eigenvalue weighted by Crippen LogP contribution is 2.33. The Morgan fingerprint density at radius 2 is 2.08 bits per heavy atom. The van der Waals surface area contributed by atoms with Crippen molar-refractivity contribution in [2.24, 2.45) is 5.10 Å². The van der Waals surface area contributed by atoms with Crippen LogP contribution in [0.1, 0.15) is 28.4 Å². The number of amides is 1. The average Bonchev–Trinajstić information content (AvgIpc) is 2.58. The van der Waals surface area contributed by atoms with Crippen LogP contribution >= 0.6 is 15.9 Å². The van der Waals surface area contributed by atoms with Crippen LogP contribution in [0.5, 0.6) is 11.5 Å². The van der Waals surface area contributed by atoms with Crippen LogP contribution in [0.25, 0.3) is 0 Å². The molecule has 0 spiro atoms. The lowest BCUT2D eigenvalue weighted by atomic mass is 10.1. The molecule has 138 valence electrons. The number of hydrogen-bond acceptors (Lipinski definition) is 4. The number of phenolic OH excluding ortho intramolecular Hbond substituents is 1. The molecular weight excluding hydrogens is 417 g/mol. The summed E-state index contributed by atoms with van der Waals surface area (Å²) in [7, 11) is 0. The Labute approximate surface area is 155 Å². The number of aromatic hydroxyl groups is 1. The lowest BCUT2D eigenvalue weighted by Crippen LogP contribution is -2.18. The third-order valence-corrected chi connectivity index (χ3v) is 3.65. The fourth-order valence-electron chi connectivity index (χ4n) is 2.02. The zero-order valence-electron chi connectivity index (χ0n) is 13.5. The highest BCUT2D eigenvalue weighted by atomic mass is 79.9. The maximum Gasteiger partial charge on any atom is 0.416 e. The second-order valence-corrected chi connectivity index (χ2v) is 5.97. The molecule has 2 rings (SSSR count). The molecule has 0 saturated carbocycles. The first-order valence-electron chi connectivity index (χ1n) is 7.38. The molecule has 2 aromatic rings. The number of hydrogen-bond donors (Lipinski definition) is 2. The molecule has 0 aromatic heterocycles. The number of alkyl halides is 3. The first-order chi connectivity index (χ1) is 12.2. The van der Waals surface area contributed by atoms with Gasteiger partial charge >= 0.3 is 6.18 Å². The van der Waals surface area contributed by atoms with Gasteiger partial charge in [-0.25, -0.2) is 5.43 Å². The van der Waals surface area contributed by atoms with Crippen LogP contribution in [-0.2, 0) is 6.18 Å². The van der Waals surface area contributed by atoms with Gasteiger partial charge in [-0.1, -0.05) is 22.0 Å². The third kappa shape index (κ3) is 4.98. The van der Waals surface area contributed by atoms with Gasteiger partial charge < -0.3 is 9.84 Å². The summed E-state index contributed by atoms with van der Waals surface area (Å²) in [6.45, 7) is 2.09. The number of rotatable bonds is 5. The molecule has 1 amide bonds. The summed E-state index contributed by atoms with van der Waals surface area (Å²) in [4.78, 5) is 11.9. The number of hydrazone groups is 1. The van der Waals surface area contributed by atoms with Crippen LogP contribution in [0.15, 0.2) is 46.0 Å². The summed E-state index contributed by atoms with van der Waals surface area (Å²) in [5.41, 5.74) is 1.26. The van der Waals surface area contributed by atoms with Gasteiger partial charge in [0.2, 0.25) is 0 Å². The number of nitrogens with zero attached hydrogens (tertiary/aromatic N) is 1. The van der Waals surface area contributed by atoms with Gasteiger partial charge in [0.15, 0.2) is 11.5 Å². The summed E-state index contributed by atoms with van der Waals surface area (Å²) < 4.78 is 43.9. The van der Waals surface area contributed by atoms with Crippen molar-refractivity contribution in [2.45, 2.75) is 13.1 Å². The third-order valence-electron chi connectivity index (χ3n) is 3.19. The van der Waals surface area contributed by atoms with Crippen molar-refractivity contribution < 1.29 is 27.8 Å². The first kappa shape index (κ1) is 19.8. The van der Waals surface area contributed by atoms with Gasteiger partial charge in [-0.05, 0) is 37.3 Å². The van der Waals surface area contributed by atoms with Crippen LogP contribution in [0.2, 0.25) is 0 Å². The Kier molecular flexibility index (Phi) is 6.25. The lowest BCUT2D eigenvalue weighted by Gasteiger charge is -2.09. The van der Waals surface area contributed by atoms with Gasteiger partial charge in [0, 0.05) is 15.6 Å². The van der Waals surface area contributed by atoms with E-state index in [9.17, 15) is 23.1 Å². The monoisotopic (exact) mass is 430 g/mol. The molecule has 0 aliphatic rings. The van der Waals surface area contributed by atoms with E-state index < -0.39 is 17.6 Å². The molecule has 0 unspecified atom stereocenters. The molecule has 0 bridgehead atoms. The van der Waals surface area contributed by atoms with Crippen molar-refractivity contribution in [3.8, 4) is 11.5 Å². The highest BCUT2D eigenvalue weighted by molar-refractivity contribution is 9.10. The van der Waals surface area contributed by atoms with Crippen molar-refractivity contribution >= 4 is 28.1 Å². The first-order valence-corrected chi connectivity index (χ1v) is 8.17. The summed E-state index contributed by atoms with van der Waals surface area (Å²) in [5.74, 6) is -0.758. The molecule has 0 heterocycles. The molecule has 0 fully saturated rings. The predicted octanol–water partition coefficient (Wildman–Crippen LogP) is 4.34. The lowest BCUT2D eigenvalue weighted by molar-refractivity contribution is -0.137. The van der Waals surface area contributed by atoms with Crippen LogP contribution in [0, 0.1) is 0 Å². The number of halogens is 4. The van der Waals surface area contributed by atoms with Crippen molar-refractivity contribution in [1.82, 2.24) is 5.43 Å². The number of phenols is 1. The second-order valence-electron chi connectivity index (χ2n) is 5.05. The van der Waals surface area contributed by atoms with Crippen LogP contribution in [0.4, 0.5) is 13.2 Å². The Morgan fingerprint density at radius 3 is 2.73 bits per heavy atom. The normalized spacial score (nSPS) is 11.6. The largest absolute Gasteiger partial charge is 0.504 e. The average molecular weight is 431 g/mol. The highest BCUT2D eigenvalue weighted by Gasteiger charge is 2.30. The number of nitrogens with one attached hydrogen (secondary N) is 1. The maximum absolute atomic E-state index is 12.7. The van der Waals surface area contributed by atoms with Gasteiger partial charge in [0.05, 0.1) is 18.4 Å². The minimum atomic E-state index is -4.54. The Bertz CT molecular complexity index is 838. The molecular formula is C17H14BrF3N2O3. The minimum Gasteiger partial charge on any atom is -0.504 e. The van der Waals surface area contributed by atoms with Crippen LogP contribution in [0.3, 0.4) is 0 Å². The predicted molar refractivity (Wildman–Crippen MR) is 93.5 cm³/mol. The zero-order chi connectivity index (χ0) is 19.3. The van der Waals surface area contributed by atoms with Gasteiger partial charge in [-0.15, -0.1) is 0 Å². The van der Waals surface area contributed by atoms with E-state index in [1.165, 1.54) is 12.1 Å². The fourth-order valence-corrected chi connectivity index (χ4v) is 2.47. The summed E-state index contributed by atoms with van der Waals surface area (Å²) in [6, 6.07) is 7.08. The summed E-state index contributed by atoms with van der Waals surface area (Å²) in [5, 5.41) is 13.7. The molecule has 5 nitrogen and oxygen atoms in total. The molecule has 2 N–H and O–H groups in total. The van der Waals surface area contributed by atoms with E-state index >= 15 is 0 Å². The number of benzene rings is 2. The van der Waals surface area contributed by atoms with Crippen LogP contribution in [-0.4, -0.2) is 23.8 Å². The fraction of sp³-hybridized carbons (Fsp3) is 0.176. The van der Waals surface area contributed by atoms with E-state index in [1.54, 1.807) is 13.0 Å². The molecule has 2 aromatic carbocycles. The molecule has 0 aliphatic heterocycles. The van der Waals surface area contributed by atoms with E-state index in [0.717, 1.165) is 24.4 Å². The van der Waals surface area contributed by atoms with Crippen molar-refractivity contribution in [3.05, 3.63) is 57.6 Å². The Hall–Kier alpha value is -2.55. The van der Waals surface area contributed by atoms with E-state index in [1.807, 2.05) is 0 Å². The minimum absolute atomic E-state index is 0.174. The van der Waals surface area contributed by atoms with E-state index in [0.29, 0.717) is 11.1 Å². The van der Waals surface area contributed by atoms with Crippen LogP contribution < -0.4 is 10.2 Å². The maximum atomic E-state index is 12.7. The molecule has 0 aliphatic carbocycles. The molecule has 0 radical (unpaired) electrons. The molecule has 0 atom stereocenters. The van der Waals surface area contributed by atoms with Gasteiger partial charge in [0.1, 0.15) is 0 Å². The van der Waals surface area contributed by atoms with Crippen molar-refractivity contribution in [3.63, 3.8) is 0 Å². The second kappa shape index (κ2) is 8.22. The Morgan fingerprint density at radius 1 is 1.35 bits per heavy atom. The number of ether oxygens (including phenoxy) is 1. The van der Waals surface area contributed by atoms with Gasteiger partial charge in [-0.2, -0.15) is 18.3 Å². The van der Waals surface area contributed by atoms with Gasteiger partial charge in [-0.3, -0.25) is 4.79 Å². The van der Waals surface area contributed by atoms with Crippen molar-refractivity contribution in [2.75, 3.05) is 6.61 Å². The van der Waals surface area contributed by atoms with Crippen molar-refractivity contribution in [1.29, 1.82) is 0 Å².